The molecule has 1 atom stereocenters. The minimum atomic E-state index is -0.341. The van der Waals surface area contributed by atoms with Gasteiger partial charge in [-0.05, 0) is 25.3 Å². The van der Waals surface area contributed by atoms with Gasteiger partial charge in [0.25, 0.3) is 0 Å². The summed E-state index contributed by atoms with van der Waals surface area (Å²) in [5.74, 6) is 1.65. The predicted molar refractivity (Wildman–Crippen MR) is 84.2 cm³/mol. The molecule has 4 nitrogen and oxygen atoms in total. The number of nitrogens with one attached hydrogen (secondary N) is 1. The highest BCUT2D eigenvalue weighted by atomic mass is 35.5. The van der Waals surface area contributed by atoms with E-state index in [2.05, 4.69) is 20.1 Å². The van der Waals surface area contributed by atoms with Crippen LogP contribution >= 0.6 is 11.6 Å². The van der Waals surface area contributed by atoms with E-state index in [-0.39, 0.29) is 16.9 Å². The molecule has 1 aromatic heterocycles. The Balaban J connectivity index is 1.74. The molecule has 1 aliphatic rings. The predicted octanol–water partition coefficient (Wildman–Crippen LogP) is 3.65. The van der Waals surface area contributed by atoms with Gasteiger partial charge in [-0.15, -0.1) is 10.2 Å². The highest BCUT2D eigenvalue weighted by Gasteiger charge is 2.19. The highest BCUT2D eigenvalue weighted by molar-refractivity contribution is 6.30. The van der Waals surface area contributed by atoms with Crippen LogP contribution in [0.2, 0.25) is 5.02 Å². The van der Waals surface area contributed by atoms with Crippen molar-refractivity contribution in [2.24, 2.45) is 0 Å². The van der Waals surface area contributed by atoms with E-state index in [9.17, 15) is 4.39 Å². The van der Waals surface area contributed by atoms with Crippen LogP contribution in [-0.2, 0) is 19.5 Å². The third kappa shape index (κ3) is 3.01. The zero-order chi connectivity index (χ0) is 15.5. The monoisotopic (exact) mass is 322 g/mol. The third-order valence-corrected chi connectivity index (χ3v) is 4.50. The molecule has 2 aromatic rings. The molecule has 0 spiro atoms. The van der Waals surface area contributed by atoms with Gasteiger partial charge >= 0.3 is 0 Å². The lowest BCUT2D eigenvalue weighted by Crippen LogP contribution is -2.24. The van der Waals surface area contributed by atoms with Crippen molar-refractivity contribution >= 4 is 11.6 Å². The molecular weight excluding hydrogens is 303 g/mol. The summed E-state index contributed by atoms with van der Waals surface area (Å²) in [5.41, 5.74) is 0.605. The smallest absolute Gasteiger partial charge is 0.147 e. The van der Waals surface area contributed by atoms with E-state index >= 15 is 0 Å². The molecule has 2 heterocycles. The van der Waals surface area contributed by atoms with Crippen molar-refractivity contribution in [3.05, 3.63) is 46.3 Å². The Morgan fingerprint density at radius 3 is 3.05 bits per heavy atom. The largest absolute Gasteiger partial charge is 0.314 e. The molecule has 0 unspecified atom stereocenters. The van der Waals surface area contributed by atoms with Gasteiger partial charge in [0.05, 0.1) is 11.6 Å². The van der Waals surface area contributed by atoms with Gasteiger partial charge in [0.2, 0.25) is 0 Å². The molecule has 0 fully saturated rings. The van der Waals surface area contributed by atoms with Crippen molar-refractivity contribution in [3.8, 4) is 0 Å². The first kappa shape index (κ1) is 15.4. The Bertz CT molecular complexity index is 656. The quantitative estimate of drug-likeness (QED) is 0.913. The molecular formula is C16H20ClFN4. The van der Waals surface area contributed by atoms with E-state index in [1.54, 1.807) is 18.2 Å². The third-order valence-electron chi connectivity index (χ3n) is 4.21. The van der Waals surface area contributed by atoms with Crippen LogP contribution in [0.3, 0.4) is 0 Å². The second kappa shape index (κ2) is 6.75. The molecule has 22 heavy (non-hydrogen) atoms. The van der Waals surface area contributed by atoms with Gasteiger partial charge in [-0.3, -0.25) is 0 Å². The van der Waals surface area contributed by atoms with Gasteiger partial charge in [-0.2, -0.15) is 0 Å². The van der Waals surface area contributed by atoms with Crippen LogP contribution in [-0.4, -0.2) is 14.8 Å². The molecule has 6 heteroatoms. The van der Waals surface area contributed by atoms with Crippen LogP contribution in [0.15, 0.2) is 18.2 Å². The van der Waals surface area contributed by atoms with Crippen LogP contribution in [0.4, 0.5) is 4.39 Å². The Hall–Kier alpha value is -1.46. The maximum atomic E-state index is 14.2. The number of hydrogen-bond donors (Lipinski definition) is 1. The van der Waals surface area contributed by atoms with Gasteiger partial charge in [0.15, 0.2) is 0 Å². The number of rotatable bonds is 5. The van der Waals surface area contributed by atoms with Gasteiger partial charge in [0.1, 0.15) is 17.5 Å². The second-order valence-corrected chi connectivity index (χ2v) is 6.03. The number of nitrogens with zero attached hydrogens (tertiary/aromatic N) is 3. The number of benzene rings is 1. The number of aromatic nitrogens is 3. The van der Waals surface area contributed by atoms with Crippen molar-refractivity contribution < 1.29 is 4.39 Å². The van der Waals surface area contributed by atoms with E-state index in [0.717, 1.165) is 37.5 Å². The standard InChI is InChI=1S/C16H20ClFN4/c1-2-13(11-6-5-7-12(17)16(11)18)19-10-15-21-20-14-8-3-4-9-22(14)15/h5-7,13,19H,2-4,8-10H2,1H3/t13-/m0/s1. The molecule has 1 aromatic carbocycles. The molecule has 3 rings (SSSR count). The Morgan fingerprint density at radius 2 is 2.23 bits per heavy atom. The second-order valence-electron chi connectivity index (χ2n) is 5.63. The average molecular weight is 323 g/mol. The summed E-state index contributed by atoms with van der Waals surface area (Å²) in [4.78, 5) is 0. The lowest BCUT2D eigenvalue weighted by atomic mass is 10.0. The van der Waals surface area contributed by atoms with Crippen LogP contribution in [0.1, 0.15) is 49.4 Å². The Kier molecular flexibility index (Phi) is 4.74. The van der Waals surface area contributed by atoms with E-state index < -0.39 is 0 Å². The molecule has 0 bridgehead atoms. The number of aryl methyl sites for hydroxylation is 1. The van der Waals surface area contributed by atoms with Gasteiger partial charge in [-0.1, -0.05) is 30.7 Å². The zero-order valence-corrected chi connectivity index (χ0v) is 13.4. The molecule has 1 N–H and O–H groups in total. The summed E-state index contributed by atoms with van der Waals surface area (Å²) in [7, 11) is 0. The maximum Gasteiger partial charge on any atom is 0.147 e. The topological polar surface area (TPSA) is 42.7 Å². The Morgan fingerprint density at radius 1 is 1.36 bits per heavy atom. The molecule has 0 amide bonds. The normalized spacial score (nSPS) is 15.6. The molecule has 0 aliphatic carbocycles. The van der Waals surface area contributed by atoms with Crippen molar-refractivity contribution in [2.75, 3.05) is 0 Å². The van der Waals surface area contributed by atoms with Crippen molar-refractivity contribution in [1.29, 1.82) is 0 Å². The molecule has 118 valence electrons. The zero-order valence-electron chi connectivity index (χ0n) is 12.6. The van der Waals surface area contributed by atoms with E-state index in [0.29, 0.717) is 12.1 Å². The fraction of sp³-hybridized carbons (Fsp3) is 0.500. The van der Waals surface area contributed by atoms with E-state index in [4.69, 9.17) is 11.6 Å². The van der Waals surface area contributed by atoms with Crippen LogP contribution < -0.4 is 5.32 Å². The fourth-order valence-corrected chi connectivity index (χ4v) is 3.16. The molecule has 0 radical (unpaired) electrons. The lowest BCUT2D eigenvalue weighted by molar-refractivity contribution is 0.456. The average Bonchev–Trinajstić information content (AvgIpc) is 2.95. The fourth-order valence-electron chi connectivity index (χ4n) is 2.98. The Labute approximate surface area is 134 Å². The van der Waals surface area contributed by atoms with Crippen LogP contribution in [0.5, 0.6) is 0 Å². The van der Waals surface area contributed by atoms with Gasteiger partial charge in [-0.25, -0.2) is 4.39 Å². The van der Waals surface area contributed by atoms with Crippen LogP contribution in [0.25, 0.3) is 0 Å². The minimum absolute atomic E-state index is 0.0877. The SMILES string of the molecule is CC[C@H](NCc1nnc2n1CCCC2)c1cccc(Cl)c1F. The molecule has 0 saturated heterocycles. The summed E-state index contributed by atoms with van der Waals surface area (Å²) < 4.78 is 16.4. The number of hydrogen-bond acceptors (Lipinski definition) is 3. The van der Waals surface area contributed by atoms with Gasteiger partial charge < -0.3 is 9.88 Å². The summed E-state index contributed by atoms with van der Waals surface area (Å²) in [5, 5.41) is 12.1. The molecule has 1 aliphatic heterocycles. The summed E-state index contributed by atoms with van der Waals surface area (Å²) in [6.45, 7) is 3.58. The van der Waals surface area contributed by atoms with Crippen molar-refractivity contribution in [3.63, 3.8) is 0 Å². The van der Waals surface area contributed by atoms with E-state index in [1.165, 1.54) is 6.42 Å². The number of fused-ring (bicyclic) bond motifs is 1. The highest BCUT2D eigenvalue weighted by Crippen LogP contribution is 2.25. The summed E-state index contributed by atoms with van der Waals surface area (Å²) in [6, 6.07) is 5.04. The summed E-state index contributed by atoms with van der Waals surface area (Å²) >= 11 is 5.88. The van der Waals surface area contributed by atoms with Crippen LogP contribution in [0, 0.1) is 5.82 Å². The first-order chi connectivity index (χ1) is 10.7. The first-order valence-corrected chi connectivity index (χ1v) is 8.16. The van der Waals surface area contributed by atoms with Crippen molar-refractivity contribution in [1.82, 2.24) is 20.1 Å². The van der Waals surface area contributed by atoms with Gasteiger partial charge in [0, 0.05) is 24.6 Å². The minimum Gasteiger partial charge on any atom is -0.314 e. The first-order valence-electron chi connectivity index (χ1n) is 7.79. The summed E-state index contributed by atoms with van der Waals surface area (Å²) in [6.07, 6.45) is 4.11. The lowest BCUT2D eigenvalue weighted by Gasteiger charge is -2.20. The maximum absolute atomic E-state index is 14.2. The van der Waals surface area contributed by atoms with E-state index in [1.807, 2.05) is 6.92 Å². The number of halogens is 2. The van der Waals surface area contributed by atoms with Crippen molar-refractivity contribution in [2.45, 2.75) is 51.7 Å². The molecule has 0 saturated carbocycles.